The highest BCUT2D eigenvalue weighted by Gasteiger charge is 2.34. The van der Waals surface area contributed by atoms with Crippen LogP contribution in [0, 0.1) is 5.92 Å². The molecule has 6 unspecified atom stereocenters. The zero-order valence-corrected chi connectivity index (χ0v) is 20.4. The zero-order valence-electron chi connectivity index (χ0n) is 20.4. The first-order chi connectivity index (χ1) is 16.5. The summed E-state index contributed by atoms with van der Waals surface area (Å²) in [5, 5.41) is 28.2. The van der Waals surface area contributed by atoms with Gasteiger partial charge in [-0.1, -0.05) is 38.5 Å². The van der Waals surface area contributed by atoms with Gasteiger partial charge in [0.15, 0.2) is 0 Å². The van der Waals surface area contributed by atoms with Crippen molar-refractivity contribution < 1.29 is 29.4 Å². The number of para-hydroxylation sites is 1. The van der Waals surface area contributed by atoms with Gasteiger partial charge in [0.1, 0.15) is 18.1 Å². The van der Waals surface area contributed by atoms with Gasteiger partial charge in [-0.25, -0.2) is 4.79 Å². The fourth-order valence-electron chi connectivity index (χ4n) is 3.62. The Morgan fingerprint density at radius 3 is 2.14 bits per heavy atom. The molecule has 0 saturated carbocycles. The van der Waals surface area contributed by atoms with Gasteiger partial charge < -0.3 is 36.9 Å². The average molecular weight is 490 g/mol. The summed E-state index contributed by atoms with van der Waals surface area (Å²) in [6.45, 7) is 6.38. The van der Waals surface area contributed by atoms with E-state index in [9.17, 15) is 29.4 Å². The summed E-state index contributed by atoms with van der Waals surface area (Å²) >= 11 is 0. The summed E-state index contributed by atoms with van der Waals surface area (Å²) in [6, 6.07) is 2.79. The highest BCUT2D eigenvalue weighted by atomic mass is 16.4. The van der Waals surface area contributed by atoms with Crippen molar-refractivity contribution in [2.75, 3.05) is 0 Å². The first-order valence-electron chi connectivity index (χ1n) is 11.6. The number of amides is 3. The van der Waals surface area contributed by atoms with E-state index in [-0.39, 0.29) is 12.3 Å². The van der Waals surface area contributed by atoms with Gasteiger partial charge >= 0.3 is 5.97 Å². The number of benzene rings is 1. The molecule has 0 fully saturated rings. The Kier molecular flexibility index (Phi) is 9.78. The Morgan fingerprint density at radius 1 is 0.971 bits per heavy atom. The monoisotopic (exact) mass is 489 g/mol. The number of aromatic nitrogens is 1. The Morgan fingerprint density at radius 2 is 1.57 bits per heavy atom. The maximum absolute atomic E-state index is 13.0. The van der Waals surface area contributed by atoms with E-state index in [0.717, 1.165) is 10.9 Å². The number of aromatic amines is 1. The van der Waals surface area contributed by atoms with E-state index >= 15 is 0 Å². The number of nitrogens with one attached hydrogen (secondary N) is 4. The molecule has 1 aromatic heterocycles. The number of carbonyl (C=O) groups is 4. The van der Waals surface area contributed by atoms with Crippen LogP contribution in [-0.2, 0) is 25.6 Å². The number of carboxylic acid groups (broad SMARTS) is 1. The summed E-state index contributed by atoms with van der Waals surface area (Å²) < 4.78 is 0. The molecule has 0 aliphatic heterocycles. The van der Waals surface area contributed by atoms with Crippen molar-refractivity contribution >= 4 is 34.6 Å². The van der Waals surface area contributed by atoms with E-state index in [1.165, 1.54) is 13.8 Å². The summed E-state index contributed by atoms with van der Waals surface area (Å²) in [5.41, 5.74) is 7.12. The minimum Gasteiger partial charge on any atom is -0.480 e. The molecule has 192 valence electrons. The molecular weight excluding hydrogens is 454 g/mol. The van der Waals surface area contributed by atoms with Crippen LogP contribution < -0.4 is 21.7 Å². The van der Waals surface area contributed by atoms with Crippen molar-refractivity contribution in [3.63, 3.8) is 0 Å². The minimum absolute atomic E-state index is 0.00843. The van der Waals surface area contributed by atoms with Crippen molar-refractivity contribution in [1.29, 1.82) is 0 Å². The van der Waals surface area contributed by atoms with Crippen LogP contribution >= 0.6 is 0 Å². The highest BCUT2D eigenvalue weighted by Crippen LogP contribution is 2.19. The van der Waals surface area contributed by atoms with E-state index in [0.29, 0.717) is 12.0 Å². The number of aliphatic hydroxyl groups is 1. The normalized spacial score (nSPS) is 16.4. The van der Waals surface area contributed by atoms with E-state index in [4.69, 9.17) is 5.73 Å². The lowest BCUT2D eigenvalue weighted by atomic mass is 9.97. The topological polar surface area (TPSA) is 187 Å². The number of fused-ring (bicyclic) bond motifs is 1. The lowest BCUT2D eigenvalue weighted by Gasteiger charge is -2.28. The first kappa shape index (κ1) is 27.8. The summed E-state index contributed by atoms with van der Waals surface area (Å²) in [7, 11) is 0. The van der Waals surface area contributed by atoms with Crippen molar-refractivity contribution in [2.45, 2.75) is 70.8 Å². The van der Waals surface area contributed by atoms with Crippen LogP contribution in [0.2, 0.25) is 0 Å². The van der Waals surface area contributed by atoms with Gasteiger partial charge in [-0.2, -0.15) is 0 Å². The number of aliphatic carboxylic acids is 1. The minimum atomic E-state index is -1.44. The van der Waals surface area contributed by atoms with Crippen LogP contribution in [0.5, 0.6) is 0 Å². The van der Waals surface area contributed by atoms with Gasteiger partial charge in [-0.05, 0) is 31.4 Å². The van der Waals surface area contributed by atoms with E-state index in [1.54, 1.807) is 13.1 Å². The van der Waals surface area contributed by atoms with E-state index in [2.05, 4.69) is 20.9 Å². The molecule has 0 radical (unpaired) electrons. The van der Waals surface area contributed by atoms with Gasteiger partial charge in [0.2, 0.25) is 17.7 Å². The third kappa shape index (κ3) is 7.27. The quantitative estimate of drug-likeness (QED) is 0.219. The number of nitrogens with two attached hydrogens (primary N) is 1. The first-order valence-corrected chi connectivity index (χ1v) is 11.6. The van der Waals surface area contributed by atoms with Crippen LogP contribution in [0.4, 0.5) is 0 Å². The molecule has 11 nitrogen and oxygen atoms in total. The number of carboxylic acids is 1. The fourth-order valence-corrected chi connectivity index (χ4v) is 3.62. The number of rotatable bonds is 12. The van der Waals surface area contributed by atoms with Crippen molar-refractivity contribution in [1.82, 2.24) is 20.9 Å². The Hall–Kier alpha value is -3.44. The van der Waals surface area contributed by atoms with Crippen LogP contribution in [0.15, 0.2) is 30.5 Å². The van der Waals surface area contributed by atoms with Crippen molar-refractivity contribution in [3.05, 3.63) is 36.0 Å². The molecule has 0 bridgehead atoms. The SMILES string of the molecule is CCC(C)C(NC(=O)C(C)N)C(=O)NC(C(=O)NC(Cc1c[nH]c2ccccc12)C(=O)O)C(C)O. The van der Waals surface area contributed by atoms with Crippen LogP contribution in [0.1, 0.15) is 39.7 Å². The summed E-state index contributed by atoms with van der Waals surface area (Å²) in [6.07, 6.45) is 0.890. The van der Waals surface area contributed by atoms with Gasteiger partial charge in [-0.15, -0.1) is 0 Å². The van der Waals surface area contributed by atoms with Gasteiger partial charge in [0.05, 0.1) is 12.1 Å². The molecule has 35 heavy (non-hydrogen) atoms. The fraction of sp³-hybridized carbons (Fsp3) is 0.500. The molecule has 2 rings (SSSR count). The standard InChI is InChI=1S/C24H35N5O6/c1-5-12(2)19(28-21(31)13(3)25)22(32)29-20(14(4)30)23(33)27-18(24(34)35)10-15-11-26-17-9-7-6-8-16(15)17/h6-9,11-14,18-20,26,30H,5,10,25H2,1-4H3,(H,27,33)(H,28,31)(H,29,32)(H,34,35). The number of aliphatic hydroxyl groups excluding tert-OH is 1. The molecule has 0 saturated heterocycles. The third-order valence-electron chi connectivity index (χ3n) is 5.98. The number of H-pyrrole nitrogens is 1. The van der Waals surface area contributed by atoms with Crippen LogP contribution in [0.3, 0.4) is 0 Å². The molecule has 0 spiro atoms. The second kappa shape index (κ2) is 12.3. The molecular formula is C24H35N5O6. The number of hydrogen-bond acceptors (Lipinski definition) is 6. The van der Waals surface area contributed by atoms with E-state index < -0.39 is 54.0 Å². The molecule has 0 aliphatic rings. The third-order valence-corrected chi connectivity index (χ3v) is 5.98. The largest absolute Gasteiger partial charge is 0.480 e. The lowest BCUT2D eigenvalue weighted by Crippen LogP contribution is -2.61. The van der Waals surface area contributed by atoms with Gasteiger partial charge in [0, 0.05) is 23.5 Å². The Labute approximate surface area is 203 Å². The summed E-state index contributed by atoms with van der Waals surface area (Å²) in [5.74, 6) is -3.63. The zero-order chi connectivity index (χ0) is 26.3. The van der Waals surface area contributed by atoms with Crippen LogP contribution in [-0.4, -0.2) is 69.2 Å². The molecule has 6 atom stereocenters. The predicted octanol–water partition coefficient (Wildman–Crippen LogP) is 0.0235. The second-order valence-electron chi connectivity index (χ2n) is 8.85. The highest BCUT2D eigenvalue weighted by molar-refractivity contribution is 5.94. The smallest absolute Gasteiger partial charge is 0.326 e. The number of carbonyl (C=O) groups excluding carboxylic acids is 3. The van der Waals surface area contributed by atoms with E-state index in [1.807, 2.05) is 31.2 Å². The molecule has 2 aromatic rings. The van der Waals surface area contributed by atoms with Crippen LogP contribution in [0.25, 0.3) is 10.9 Å². The molecule has 8 N–H and O–H groups in total. The van der Waals surface area contributed by atoms with Gasteiger partial charge in [-0.3, -0.25) is 14.4 Å². The molecule has 0 aliphatic carbocycles. The Bertz CT molecular complexity index is 1050. The maximum Gasteiger partial charge on any atom is 0.326 e. The maximum atomic E-state index is 13.0. The molecule has 1 aromatic carbocycles. The average Bonchev–Trinajstić information content (AvgIpc) is 3.22. The number of hydrogen-bond donors (Lipinski definition) is 7. The Balaban J connectivity index is 2.17. The second-order valence-corrected chi connectivity index (χ2v) is 8.85. The molecule has 1 heterocycles. The molecule has 11 heteroatoms. The van der Waals surface area contributed by atoms with Crippen molar-refractivity contribution in [2.24, 2.45) is 11.7 Å². The lowest BCUT2D eigenvalue weighted by molar-refractivity contribution is -0.143. The van der Waals surface area contributed by atoms with Gasteiger partial charge in [0.25, 0.3) is 0 Å². The van der Waals surface area contributed by atoms with Crippen molar-refractivity contribution in [3.8, 4) is 0 Å². The predicted molar refractivity (Wildman–Crippen MR) is 130 cm³/mol. The molecule has 3 amide bonds. The summed E-state index contributed by atoms with van der Waals surface area (Å²) in [4.78, 5) is 53.0.